The summed E-state index contributed by atoms with van der Waals surface area (Å²) in [6.07, 6.45) is 2.42. The van der Waals surface area contributed by atoms with Crippen molar-refractivity contribution in [3.05, 3.63) is 18.1 Å². The van der Waals surface area contributed by atoms with Gasteiger partial charge in [-0.1, -0.05) is 11.8 Å². The van der Waals surface area contributed by atoms with Crippen molar-refractivity contribution in [2.45, 2.75) is 22.8 Å². The van der Waals surface area contributed by atoms with Crippen LogP contribution in [0.5, 0.6) is 0 Å². The van der Waals surface area contributed by atoms with E-state index in [1.54, 1.807) is 6.26 Å². The molecule has 2 N–H and O–H groups in total. The van der Waals surface area contributed by atoms with Crippen molar-refractivity contribution < 1.29 is 4.42 Å². The highest BCUT2D eigenvalue weighted by Gasteiger charge is 2.51. The number of nitrogens with two attached hydrogens (primary N) is 1. The monoisotopic (exact) mass is 318 g/mol. The van der Waals surface area contributed by atoms with Crippen LogP contribution in [-0.4, -0.2) is 25.0 Å². The molecule has 1 aliphatic rings. The van der Waals surface area contributed by atoms with Crippen LogP contribution >= 0.6 is 35.0 Å². The number of nitrogens with zero attached hydrogens (tertiary/aromatic N) is 3. The van der Waals surface area contributed by atoms with Gasteiger partial charge in [-0.3, -0.25) is 0 Å². The minimum atomic E-state index is -0.573. The van der Waals surface area contributed by atoms with Crippen molar-refractivity contribution in [3.8, 4) is 11.4 Å². The highest BCUT2D eigenvalue weighted by atomic mass is 35.5. The van der Waals surface area contributed by atoms with Crippen molar-refractivity contribution in [2.24, 2.45) is 5.92 Å². The minimum Gasteiger partial charge on any atom is -0.469 e. The second-order valence-corrected chi connectivity index (χ2v) is 7.07. The summed E-state index contributed by atoms with van der Waals surface area (Å²) >= 11 is 13.5. The molecule has 1 aliphatic carbocycles. The van der Waals surface area contributed by atoms with Gasteiger partial charge in [0.25, 0.3) is 0 Å². The summed E-state index contributed by atoms with van der Waals surface area (Å²) in [5.41, 5.74) is 0.845. The lowest BCUT2D eigenvalue weighted by molar-refractivity contribution is 0.535. The second-order valence-electron chi connectivity index (χ2n) is 4.54. The van der Waals surface area contributed by atoms with Gasteiger partial charge in [-0.05, 0) is 19.4 Å². The predicted molar refractivity (Wildman–Crippen MR) is 75.9 cm³/mol. The number of rotatable bonds is 4. The first-order valence-electron chi connectivity index (χ1n) is 5.74. The first-order valence-corrected chi connectivity index (χ1v) is 7.49. The van der Waals surface area contributed by atoms with Gasteiger partial charge in [0.15, 0.2) is 5.82 Å². The summed E-state index contributed by atoms with van der Waals surface area (Å²) in [4.78, 5) is 0. The largest absolute Gasteiger partial charge is 0.469 e. The molecule has 1 fully saturated rings. The molecular weight excluding hydrogens is 307 g/mol. The first-order chi connectivity index (χ1) is 8.99. The fraction of sp³-hybridized carbons (Fsp3) is 0.455. The van der Waals surface area contributed by atoms with Gasteiger partial charge in [-0.2, -0.15) is 0 Å². The van der Waals surface area contributed by atoms with Crippen molar-refractivity contribution in [2.75, 3.05) is 11.6 Å². The number of thioether (sulfide) groups is 1. The maximum Gasteiger partial charge on any atom is 0.210 e. The molecule has 2 aromatic rings. The maximum absolute atomic E-state index is 6.00. The molecule has 0 saturated heterocycles. The number of furan rings is 1. The van der Waals surface area contributed by atoms with E-state index in [-0.39, 0.29) is 5.92 Å². The molecule has 8 heteroatoms. The highest BCUT2D eigenvalue weighted by Crippen LogP contribution is 2.54. The van der Waals surface area contributed by atoms with Crippen molar-refractivity contribution in [1.29, 1.82) is 0 Å². The molecule has 1 saturated carbocycles. The van der Waals surface area contributed by atoms with E-state index < -0.39 is 4.33 Å². The van der Waals surface area contributed by atoms with Crippen LogP contribution < -0.4 is 5.84 Å². The number of hydrogen-bond donors (Lipinski definition) is 1. The summed E-state index contributed by atoms with van der Waals surface area (Å²) in [5, 5.41) is 8.82. The number of halogens is 2. The summed E-state index contributed by atoms with van der Waals surface area (Å²) in [5.74, 6) is 8.43. The molecule has 0 radical (unpaired) electrons. The lowest BCUT2D eigenvalue weighted by atomic mass is 10.2. The molecule has 1 unspecified atom stereocenters. The van der Waals surface area contributed by atoms with Crippen LogP contribution in [0.3, 0.4) is 0 Å². The Labute approximate surface area is 124 Å². The molecule has 0 aliphatic heterocycles. The zero-order chi connectivity index (χ0) is 13.6. The molecule has 0 aromatic carbocycles. The van der Waals surface area contributed by atoms with Crippen LogP contribution in [-0.2, 0) is 0 Å². The SMILES string of the molecule is Cc1occc1-c1nnc(SCC2CC2(Cl)Cl)n1N. The third-order valence-electron chi connectivity index (χ3n) is 3.13. The molecule has 19 heavy (non-hydrogen) atoms. The Balaban J connectivity index is 1.74. The zero-order valence-electron chi connectivity index (χ0n) is 10.1. The highest BCUT2D eigenvalue weighted by molar-refractivity contribution is 7.99. The number of alkyl halides is 2. The molecule has 5 nitrogen and oxygen atoms in total. The molecule has 1 atom stereocenters. The van der Waals surface area contributed by atoms with E-state index in [1.165, 1.54) is 16.4 Å². The maximum atomic E-state index is 6.00. The van der Waals surface area contributed by atoms with E-state index in [4.69, 9.17) is 33.5 Å². The molecule has 0 bridgehead atoms. The third-order valence-corrected chi connectivity index (χ3v) is 5.16. The number of aryl methyl sites for hydroxylation is 1. The third kappa shape index (κ3) is 2.44. The van der Waals surface area contributed by atoms with Crippen molar-refractivity contribution >= 4 is 35.0 Å². The van der Waals surface area contributed by atoms with Crippen LogP contribution in [0.15, 0.2) is 21.9 Å². The zero-order valence-corrected chi connectivity index (χ0v) is 12.5. The van der Waals surface area contributed by atoms with Crippen LogP contribution in [0.25, 0.3) is 11.4 Å². The van der Waals surface area contributed by atoms with E-state index in [0.29, 0.717) is 11.0 Å². The summed E-state index contributed by atoms with van der Waals surface area (Å²) in [6, 6.07) is 1.82. The van der Waals surface area contributed by atoms with Gasteiger partial charge in [-0.25, -0.2) is 4.68 Å². The normalized spacial score (nSPS) is 20.7. The standard InChI is InChI=1S/C11H12Cl2N4OS/c1-6-8(2-3-18-6)9-15-16-10(17(9)14)19-5-7-4-11(7,12)13/h2-3,7H,4-5,14H2,1H3. The Morgan fingerprint density at radius 3 is 2.89 bits per heavy atom. The van der Waals surface area contributed by atoms with E-state index in [9.17, 15) is 0 Å². The molecule has 0 amide bonds. The number of aromatic nitrogens is 3. The van der Waals surface area contributed by atoms with Gasteiger partial charge < -0.3 is 10.3 Å². The van der Waals surface area contributed by atoms with Crippen LogP contribution in [0.2, 0.25) is 0 Å². The lowest BCUT2D eigenvalue weighted by Crippen LogP contribution is -2.12. The first kappa shape index (κ1) is 13.1. The van der Waals surface area contributed by atoms with E-state index >= 15 is 0 Å². The molecule has 2 aromatic heterocycles. The fourth-order valence-electron chi connectivity index (χ4n) is 1.80. The number of nitrogen functional groups attached to an aromatic ring is 1. The van der Waals surface area contributed by atoms with Gasteiger partial charge in [0, 0.05) is 11.7 Å². The van der Waals surface area contributed by atoms with Crippen LogP contribution in [0.4, 0.5) is 0 Å². The Kier molecular flexibility index (Phi) is 3.19. The van der Waals surface area contributed by atoms with E-state index in [2.05, 4.69) is 10.2 Å². The smallest absolute Gasteiger partial charge is 0.210 e. The van der Waals surface area contributed by atoms with E-state index in [0.717, 1.165) is 23.5 Å². The summed E-state index contributed by atoms with van der Waals surface area (Å²) in [7, 11) is 0. The van der Waals surface area contributed by atoms with Crippen LogP contribution in [0, 0.1) is 12.8 Å². The average molecular weight is 319 g/mol. The fourth-order valence-corrected chi connectivity index (χ4v) is 3.59. The minimum absolute atomic E-state index is 0.289. The van der Waals surface area contributed by atoms with Crippen LogP contribution in [0.1, 0.15) is 12.2 Å². The number of hydrogen-bond acceptors (Lipinski definition) is 5. The molecule has 0 spiro atoms. The second kappa shape index (κ2) is 4.61. The Bertz CT molecular complexity index is 610. The quantitative estimate of drug-likeness (QED) is 0.533. The lowest BCUT2D eigenvalue weighted by Gasteiger charge is -2.03. The summed E-state index contributed by atoms with van der Waals surface area (Å²) < 4.78 is 6.13. The topological polar surface area (TPSA) is 69.9 Å². The van der Waals surface area contributed by atoms with Gasteiger partial charge in [0.05, 0.1) is 11.8 Å². The van der Waals surface area contributed by atoms with Crippen molar-refractivity contribution in [3.63, 3.8) is 0 Å². The molecule has 3 rings (SSSR count). The van der Waals surface area contributed by atoms with Gasteiger partial charge in [0.2, 0.25) is 5.16 Å². The average Bonchev–Trinajstić information content (AvgIpc) is 2.69. The van der Waals surface area contributed by atoms with Gasteiger partial charge in [0.1, 0.15) is 10.1 Å². The van der Waals surface area contributed by atoms with Gasteiger partial charge in [-0.15, -0.1) is 33.4 Å². The van der Waals surface area contributed by atoms with Crippen molar-refractivity contribution in [1.82, 2.24) is 14.9 Å². The van der Waals surface area contributed by atoms with E-state index in [1.807, 2.05) is 13.0 Å². The Hall–Kier alpha value is -0.850. The molecule has 2 heterocycles. The predicted octanol–water partition coefficient (Wildman–Crippen LogP) is 2.85. The summed E-state index contributed by atoms with van der Waals surface area (Å²) in [6.45, 7) is 1.86. The Morgan fingerprint density at radius 1 is 1.58 bits per heavy atom. The molecule has 102 valence electrons. The Morgan fingerprint density at radius 2 is 2.32 bits per heavy atom. The van der Waals surface area contributed by atoms with Gasteiger partial charge >= 0.3 is 0 Å². The molecular formula is C11H12Cl2N4OS.